The van der Waals surface area contributed by atoms with Crippen molar-refractivity contribution in [2.75, 3.05) is 13.6 Å². The van der Waals surface area contributed by atoms with Gasteiger partial charge in [0.25, 0.3) is 0 Å². The third kappa shape index (κ3) is 3.11. The van der Waals surface area contributed by atoms with E-state index in [0.717, 1.165) is 25.1 Å². The first-order chi connectivity index (χ1) is 9.01. The highest BCUT2D eigenvalue weighted by atomic mass is 16.2. The zero-order chi connectivity index (χ0) is 13.9. The number of aryl methyl sites for hydroxylation is 1. The standard InChI is InChI=1S/C15H19N3O/c1-12-7-10-16-13(17-12)6-4-8-15(2)9-5-11-18(3)14(15)19/h7,10H,5,8-9,11H2,1-3H3. The molecule has 4 heteroatoms. The summed E-state index contributed by atoms with van der Waals surface area (Å²) in [6.07, 6.45) is 4.21. The number of piperidine rings is 1. The highest BCUT2D eigenvalue weighted by molar-refractivity contribution is 5.83. The van der Waals surface area contributed by atoms with Crippen LogP contribution in [0.3, 0.4) is 0 Å². The van der Waals surface area contributed by atoms with E-state index in [9.17, 15) is 4.79 Å². The van der Waals surface area contributed by atoms with Gasteiger partial charge in [0.05, 0.1) is 5.41 Å². The first-order valence-electron chi connectivity index (χ1n) is 6.55. The van der Waals surface area contributed by atoms with E-state index in [1.54, 1.807) is 11.1 Å². The summed E-state index contributed by atoms with van der Waals surface area (Å²) < 4.78 is 0. The lowest BCUT2D eigenvalue weighted by Gasteiger charge is -2.36. The van der Waals surface area contributed by atoms with Crippen molar-refractivity contribution in [1.82, 2.24) is 14.9 Å². The van der Waals surface area contributed by atoms with Crippen LogP contribution in [0.1, 0.15) is 37.7 Å². The molecule has 1 aliphatic rings. The van der Waals surface area contributed by atoms with Gasteiger partial charge in [-0.15, -0.1) is 0 Å². The van der Waals surface area contributed by atoms with E-state index in [1.165, 1.54) is 0 Å². The van der Waals surface area contributed by atoms with Gasteiger partial charge in [0.2, 0.25) is 11.7 Å². The molecule has 0 bridgehead atoms. The molecule has 19 heavy (non-hydrogen) atoms. The Balaban J connectivity index is 2.08. The quantitative estimate of drug-likeness (QED) is 0.720. The molecule has 0 saturated carbocycles. The molecule has 0 aliphatic carbocycles. The smallest absolute Gasteiger partial charge is 0.229 e. The van der Waals surface area contributed by atoms with Gasteiger partial charge in [-0.05, 0) is 38.7 Å². The molecule has 4 nitrogen and oxygen atoms in total. The largest absolute Gasteiger partial charge is 0.345 e. The highest BCUT2D eigenvalue weighted by Crippen LogP contribution is 2.33. The van der Waals surface area contributed by atoms with Gasteiger partial charge in [0, 0.05) is 31.9 Å². The Morgan fingerprint density at radius 2 is 2.32 bits per heavy atom. The normalized spacial score (nSPS) is 22.9. The van der Waals surface area contributed by atoms with Crippen LogP contribution in [0.2, 0.25) is 0 Å². The summed E-state index contributed by atoms with van der Waals surface area (Å²) in [6, 6.07) is 1.84. The number of nitrogens with zero attached hydrogens (tertiary/aromatic N) is 3. The molecule has 2 heterocycles. The molecule has 0 aromatic carbocycles. The van der Waals surface area contributed by atoms with E-state index in [0.29, 0.717) is 12.2 Å². The second kappa shape index (κ2) is 5.40. The van der Waals surface area contributed by atoms with Crippen LogP contribution in [0.15, 0.2) is 12.3 Å². The topological polar surface area (TPSA) is 46.1 Å². The van der Waals surface area contributed by atoms with Crippen LogP contribution in [-0.2, 0) is 4.79 Å². The Labute approximate surface area is 114 Å². The summed E-state index contributed by atoms with van der Waals surface area (Å²) in [5.74, 6) is 6.74. The first kappa shape index (κ1) is 13.5. The Morgan fingerprint density at radius 3 is 3.05 bits per heavy atom. The van der Waals surface area contributed by atoms with Crippen molar-refractivity contribution in [2.24, 2.45) is 5.41 Å². The zero-order valence-corrected chi connectivity index (χ0v) is 11.7. The maximum Gasteiger partial charge on any atom is 0.229 e. The van der Waals surface area contributed by atoms with Gasteiger partial charge >= 0.3 is 0 Å². The fourth-order valence-electron chi connectivity index (χ4n) is 2.37. The summed E-state index contributed by atoms with van der Waals surface area (Å²) >= 11 is 0. The summed E-state index contributed by atoms with van der Waals surface area (Å²) in [4.78, 5) is 22.3. The van der Waals surface area contributed by atoms with E-state index in [1.807, 2.05) is 27.0 Å². The van der Waals surface area contributed by atoms with Crippen LogP contribution in [-0.4, -0.2) is 34.4 Å². The van der Waals surface area contributed by atoms with Crippen molar-refractivity contribution in [2.45, 2.75) is 33.1 Å². The fourth-order valence-corrected chi connectivity index (χ4v) is 2.37. The van der Waals surface area contributed by atoms with Gasteiger partial charge in [0.15, 0.2) is 0 Å². The van der Waals surface area contributed by atoms with E-state index in [2.05, 4.69) is 21.8 Å². The number of hydrogen-bond donors (Lipinski definition) is 0. The molecule has 0 spiro atoms. The van der Waals surface area contributed by atoms with Gasteiger partial charge in [-0.25, -0.2) is 9.97 Å². The number of hydrogen-bond acceptors (Lipinski definition) is 3. The molecular weight excluding hydrogens is 238 g/mol. The monoisotopic (exact) mass is 257 g/mol. The van der Waals surface area contributed by atoms with Crippen LogP contribution in [0, 0.1) is 24.2 Å². The van der Waals surface area contributed by atoms with Gasteiger partial charge < -0.3 is 4.90 Å². The van der Waals surface area contributed by atoms with E-state index in [4.69, 9.17) is 0 Å². The molecule has 1 aliphatic heterocycles. The van der Waals surface area contributed by atoms with Crippen LogP contribution >= 0.6 is 0 Å². The summed E-state index contributed by atoms with van der Waals surface area (Å²) in [6.45, 7) is 4.76. The number of amides is 1. The first-order valence-corrected chi connectivity index (χ1v) is 6.55. The van der Waals surface area contributed by atoms with Crippen LogP contribution < -0.4 is 0 Å². The molecule has 0 radical (unpaired) electrons. The average Bonchev–Trinajstić information content (AvgIpc) is 2.36. The molecule has 2 rings (SSSR count). The molecule has 1 aromatic rings. The Bertz CT molecular complexity index is 544. The van der Waals surface area contributed by atoms with E-state index < -0.39 is 0 Å². The lowest BCUT2D eigenvalue weighted by Crippen LogP contribution is -2.44. The summed E-state index contributed by atoms with van der Waals surface area (Å²) in [5, 5.41) is 0. The molecule has 1 unspecified atom stereocenters. The second-order valence-corrected chi connectivity index (χ2v) is 5.39. The van der Waals surface area contributed by atoms with Crippen molar-refractivity contribution < 1.29 is 4.79 Å². The molecular formula is C15H19N3O. The van der Waals surface area contributed by atoms with Gasteiger partial charge in [-0.3, -0.25) is 4.79 Å². The average molecular weight is 257 g/mol. The maximum atomic E-state index is 12.2. The van der Waals surface area contributed by atoms with Crippen molar-refractivity contribution in [1.29, 1.82) is 0 Å². The highest BCUT2D eigenvalue weighted by Gasteiger charge is 2.37. The number of carbonyl (C=O) groups excluding carboxylic acids is 1. The molecule has 1 aromatic heterocycles. The van der Waals surface area contributed by atoms with E-state index >= 15 is 0 Å². The van der Waals surface area contributed by atoms with Crippen molar-refractivity contribution in [3.05, 3.63) is 23.8 Å². The third-order valence-electron chi connectivity index (χ3n) is 3.56. The van der Waals surface area contributed by atoms with Crippen molar-refractivity contribution in [3.63, 3.8) is 0 Å². The minimum atomic E-state index is -0.357. The molecule has 1 amide bonds. The Morgan fingerprint density at radius 1 is 1.53 bits per heavy atom. The van der Waals surface area contributed by atoms with Crippen LogP contribution in [0.5, 0.6) is 0 Å². The second-order valence-electron chi connectivity index (χ2n) is 5.39. The maximum absolute atomic E-state index is 12.2. The lowest BCUT2D eigenvalue weighted by molar-refractivity contribution is -0.143. The van der Waals surface area contributed by atoms with Crippen molar-refractivity contribution in [3.8, 4) is 11.8 Å². The molecule has 1 saturated heterocycles. The number of carbonyl (C=O) groups is 1. The lowest BCUT2D eigenvalue weighted by atomic mass is 9.78. The van der Waals surface area contributed by atoms with Gasteiger partial charge in [0.1, 0.15) is 0 Å². The van der Waals surface area contributed by atoms with Gasteiger partial charge in [-0.2, -0.15) is 0 Å². The Hall–Kier alpha value is -1.89. The predicted molar refractivity (Wildman–Crippen MR) is 73.2 cm³/mol. The third-order valence-corrected chi connectivity index (χ3v) is 3.56. The molecule has 100 valence electrons. The molecule has 1 fully saturated rings. The van der Waals surface area contributed by atoms with E-state index in [-0.39, 0.29) is 11.3 Å². The summed E-state index contributed by atoms with van der Waals surface area (Å²) in [7, 11) is 1.86. The molecule has 1 atom stereocenters. The number of likely N-dealkylation sites (tertiary alicyclic amines) is 1. The van der Waals surface area contributed by atoms with Gasteiger partial charge in [-0.1, -0.05) is 5.92 Å². The predicted octanol–water partition coefficient (Wildman–Crippen LogP) is 1.79. The minimum absolute atomic E-state index is 0.193. The minimum Gasteiger partial charge on any atom is -0.345 e. The van der Waals surface area contributed by atoms with Crippen LogP contribution in [0.25, 0.3) is 0 Å². The Kier molecular flexibility index (Phi) is 3.84. The summed E-state index contributed by atoms with van der Waals surface area (Å²) in [5.41, 5.74) is 0.545. The van der Waals surface area contributed by atoms with Crippen LogP contribution in [0.4, 0.5) is 0 Å². The fraction of sp³-hybridized carbons (Fsp3) is 0.533. The molecule has 0 N–H and O–H groups in total. The van der Waals surface area contributed by atoms with Crippen molar-refractivity contribution >= 4 is 5.91 Å². The zero-order valence-electron chi connectivity index (χ0n) is 11.7. The SMILES string of the molecule is Cc1ccnc(C#CCC2(C)CCCN(C)C2=O)n1. The number of aromatic nitrogens is 2. The number of rotatable bonds is 1.